The maximum Gasteiger partial charge on any atom is 0.132 e. The van der Waals surface area contributed by atoms with Gasteiger partial charge in [-0.25, -0.2) is 0 Å². The standard InChI is InChI=1S/C9H16O/c1-7-3-5-9(10)6-4-8(7)2/h7-8H,3-6H2,1-2H3. The second kappa shape index (κ2) is 3.18. The molecule has 0 bridgehead atoms. The summed E-state index contributed by atoms with van der Waals surface area (Å²) in [6, 6.07) is 0. The van der Waals surface area contributed by atoms with Gasteiger partial charge in [-0.3, -0.25) is 4.79 Å². The van der Waals surface area contributed by atoms with Gasteiger partial charge in [0.1, 0.15) is 5.78 Å². The third-order valence-corrected chi connectivity index (χ3v) is 2.73. The molecule has 1 aliphatic rings. The quantitative estimate of drug-likeness (QED) is 0.472. The number of hydrogen-bond acceptors (Lipinski definition) is 1. The summed E-state index contributed by atoms with van der Waals surface area (Å²) < 4.78 is 0. The predicted octanol–water partition coefficient (Wildman–Crippen LogP) is 2.40. The molecule has 1 heteroatoms. The first kappa shape index (κ1) is 7.77. The van der Waals surface area contributed by atoms with Crippen LogP contribution >= 0.6 is 0 Å². The van der Waals surface area contributed by atoms with Crippen molar-refractivity contribution >= 4 is 5.78 Å². The second-order valence-corrected chi connectivity index (χ2v) is 3.57. The molecule has 0 N–H and O–H groups in total. The van der Waals surface area contributed by atoms with Crippen LogP contribution in [0.25, 0.3) is 0 Å². The molecule has 0 saturated heterocycles. The van der Waals surface area contributed by atoms with Gasteiger partial charge in [0.15, 0.2) is 0 Å². The molecule has 0 aromatic carbocycles. The summed E-state index contributed by atoms with van der Waals surface area (Å²) in [6.45, 7) is 4.51. The molecule has 1 fully saturated rings. The first-order valence-corrected chi connectivity index (χ1v) is 4.22. The van der Waals surface area contributed by atoms with Crippen LogP contribution in [0.4, 0.5) is 0 Å². The van der Waals surface area contributed by atoms with Crippen LogP contribution in [-0.4, -0.2) is 5.78 Å². The number of ketones is 1. The minimum Gasteiger partial charge on any atom is -0.300 e. The van der Waals surface area contributed by atoms with Crippen molar-refractivity contribution in [3.63, 3.8) is 0 Å². The second-order valence-electron chi connectivity index (χ2n) is 3.57. The molecule has 10 heavy (non-hydrogen) atoms. The summed E-state index contributed by atoms with van der Waals surface area (Å²) in [6.07, 6.45) is 3.87. The van der Waals surface area contributed by atoms with Gasteiger partial charge in [0.25, 0.3) is 0 Å². The van der Waals surface area contributed by atoms with Crippen LogP contribution in [0, 0.1) is 11.8 Å². The average Bonchev–Trinajstić information content (AvgIpc) is 2.04. The SMILES string of the molecule is CC1CCC(=O)CCC1C. The molecule has 1 saturated carbocycles. The first-order valence-electron chi connectivity index (χ1n) is 4.22. The van der Waals surface area contributed by atoms with Crippen molar-refractivity contribution in [1.82, 2.24) is 0 Å². The molecule has 0 spiro atoms. The van der Waals surface area contributed by atoms with E-state index in [0.29, 0.717) is 5.78 Å². The lowest BCUT2D eigenvalue weighted by molar-refractivity contribution is -0.119. The van der Waals surface area contributed by atoms with Gasteiger partial charge in [-0.05, 0) is 24.7 Å². The highest BCUT2D eigenvalue weighted by Crippen LogP contribution is 2.25. The van der Waals surface area contributed by atoms with Crippen molar-refractivity contribution in [3.8, 4) is 0 Å². The third kappa shape index (κ3) is 1.83. The van der Waals surface area contributed by atoms with Crippen molar-refractivity contribution in [3.05, 3.63) is 0 Å². The van der Waals surface area contributed by atoms with Crippen LogP contribution in [-0.2, 0) is 4.79 Å². The van der Waals surface area contributed by atoms with E-state index < -0.39 is 0 Å². The lowest BCUT2D eigenvalue weighted by Crippen LogP contribution is -2.04. The van der Waals surface area contributed by atoms with Gasteiger partial charge >= 0.3 is 0 Å². The van der Waals surface area contributed by atoms with Crippen molar-refractivity contribution in [2.24, 2.45) is 11.8 Å². The number of Topliss-reactive ketones (excluding diaryl/α,β-unsaturated/α-hetero) is 1. The Balaban J connectivity index is 2.46. The van der Waals surface area contributed by atoms with Crippen LogP contribution in [0.3, 0.4) is 0 Å². The van der Waals surface area contributed by atoms with Crippen LogP contribution in [0.15, 0.2) is 0 Å². The minimum absolute atomic E-state index is 0.469. The zero-order valence-corrected chi connectivity index (χ0v) is 6.89. The Kier molecular flexibility index (Phi) is 2.47. The van der Waals surface area contributed by atoms with Crippen molar-refractivity contribution in [2.45, 2.75) is 39.5 Å². The topological polar surface area (TPSA) is 17.1 Å². The summed E-state index contributed by atoms with van der Waals surface area (Å²) in [5.41, 5.74) is 0. The summed E-state index contributed by atoms with van der Waals surface area (Å²) in [5, 5.41) is 0. The molecule has 0 aromatic rings. The van der Waals surface area contributed by atoms with E-state index in [-0.39, 0.29) is 0 Å². The lowest BCUT2D eigenvalue weighted by atomic mass is 9.92. The fraction of sp³-hybridized carbons (Fsp3) is 0.889. The molecule has 0 radical (unpaired) electrons. The van der Waals surface area contributed by atoms with Crippen LogP contribution in [0.5, 0.6) is 0 Å². The van der Waals surface area contributed by atoms with E-state index in [1.165, 1.54) is 0 Å². The Morgan fingerprint density at radius 1 is 1.10 bits per heavy atom. The minimum atomic E-state index is 0.469. The highest BCUT2D eigenvalue weighted by atomic mass is 16.1. The predicted molar refractivity (Wildman–Crippen MR) is 41.8 cm³/mol. The summed E-state index contributed by atoms with van der Waals surface area (Å²) >= 11 is 0. The number of carbonyl (C=O) groups excluding carboxylic acids is 1. The van der Waals surface area contributed by atoms with Gasteiger partial charge in [-0.15, -0.1) is 0 Å². The molecular formula is C9H16O. The van der Waals surface area contributed by atoms with Gasteiger partial charge < -0.3 is 0 Å². The van der Waals surface area contributed by atoms with Crippen molar-refractivity contribution < 1.29 is 4.79 Å². The summed E-state index contributed by atoms with van der Waals surface area (Å²) in [7, 11) is 0. The maximum absolute atomic E-state index is 11.0. The molecule has 1 nitrogen and oxygen atoms in total. The van der Waals surface area contributed by atoms with Crippen LogP contribution in [0.1, 0.15) is 39.5 Å². The highest BCUT2D eigenvalue weighted by Gasteiger charge is 2.18. The van der Waals surface area contributed by atoms with Crippen molar-refractivity contribution in [2.75, 3.05) is 0 Å². The van der Waals surface area contributed by atoms with E-state index in [4.69, 9.17) is 0 Å². The van der Waals surface area contributed by atoms with E-state index in [1.54, 1.807) is 0 Å². The van der Waals surface area contributed by atoms with Gasteiger partial charge in [-0.1, -0.05) is 13.8 Å². The number of carbonyl (C=O) groups is 1. The van der Waals surface area contributed by atoms with Gasteiger partial charge in [0, 0.05) is 12.8 Å². The Labute approximate surface area is 62.8 Å². The van der Waals surface area contributed by atoms with Gasteiger partial charge in [0.05, 0.1) is 0 Å². The smallest absolute Gasteiger partial charge is 0.132 e. The summed E-state index contributed by atoms with van der Waals surface area (Å²) in [5.74, 6) is 1.98. The van der Waals surface area contributed by atoms with Gasteiger partial charge in [-0.2, -0.15) is 0 Å². The Hall–Kier alpha value is -0.330. The Morgan fingerprint density at radius 2 is 1.50 bits per heavy atom. The molecule has 2 atom stereocenters. The molecule has 0 amide bonds. The van der Waals surface area contributed by atoms with Crippen LogP contribution in [0.2, 0.25) is 0 Å². The lowest BCUT2D eigenvalue weighted by Gasteiger charge is -2.14. The molecule has 1 rings (SSSR count). The third-order valence-electron chi connectivity index (χ3n) is 2.73. The monoisotopic (exact) mass is 140 g/mol. The van der Waals surface area contributed by atoms with E-state index in [9.17, 15) is 4.79 Å². The normalized spacial score (nSPS) is 35.6. The van der Waals surface area contributed by atoms with E-state index in [2.05, 4.69) is 13.8 Å². The van der Waals surface area contributed by atoms with E-state index in [1.807, 2.05) is 0 Å². The molecule has 58 valence electrons. The zero-order chi connectivity index (χ0) is 7.56. The highest BCUT2D eigenvalue weighted by molar-refractivity contribution is 5.78. The van der Waals surface area contributed by atoms with Crippen molar-refractivity contribution in [1.29, 1.82) is 0 Å². The molecule has 0 aromatic heterocycles. The number of rotatable bonds is 0. The average molecular weight is 140 g/mol. The van der Waals surface area contributed by atoms with E-state index >= 15 is 0 Å². The van der Waals surface area contributed by atoms with Crippen LogP contribution < -0.4 is 0 Å². The fourth-order valence-electron chi connectivity index (χ4n) is 1.47. The van der Waals surface area contributed by atoms with Gasteiger partial charge in [0.2, 0.25) is 0 Å². The molecule has 2 unspecified atom stereocenters. The zero-order valence-electron chi connectivity index (χ0n) is 6.89. The molecular weight excluding hydrogens is 124 g/mol. The molecule has 0 aliphatic heterocycles. The Morgan fingerprint density at radius 3 is 1.90 bits per heavy atom. The van der Waals surface area contributed by atoms with E-state index in [0.717, 1.165) is 37.5 Å². The largest absolute Gasteiger partial charge is 0.300 e. The Bertz CT molecular complexity index is 115. The first-order chi connectivity index (χ1) is 4.70. The maximum atomic E-state index is 11.0. The molecule has 1 aliphatic carbocycles. The fourth-order valence-corrected chi connectivity index (χ4v) is 1.47. The number of hydrogen-bond donors (Lipinski definition) is 0. The summed E-state index contributed by atoms with van der Waals surface area (Å²) in [4.78, 5) is 11.0. The molecule has 0 heterocycles.